The fraction of sp³-hybridized carbons (Fsp3) is 0.600. The summed E-state index contributed by atoms with van der Waals surface area (Å²) in [7, 11) is 1.52. The Kier molecular flexibility index (Phi) is 3.85. The molecule has 0 aliphatic carbocycles. The topological polar surface area (TPSA) is 70.1 Å². The van der Waals surface area contributed by atoms with Crippen molar-refractivity contribution in [3.63, 3.8) is 0 Å². The summed E-state index contributed by atoms with van der Waals surface area (Å²) in [5, 5.41) is 4.06. The van der Waals surface area contributed by atoms with Crippen molar-refractivity contribution in [2.45, 2.75) is 32.9 Å². The first-order chi connectivity index (χ1) is 7.15. The molecule has 1 unspecified atom stereocenters. The molecule has 0 fully saturated rings. The zero-order chi connectivity index (χ0) is 11.4. The van der Waals surface area contributed by atoms with Crippen LogP contribution in [0.2, 0.25) is 0 Å². The quantitative estimate of drug-likeness (QED) is 0.732. The van der Waals surface area contributed by atoms with Gasteiger partial charge in [-0.25, -0.2) is 0 Å². The van der Waals surface area contributed by atoms with Crippen LogP contribution in [0.3, 0.4) is 0 Å². The molecule has 15 heavy (non-hydrogen) atoms. The standard InChI is InChI=1S/C10H17N3O2/c1-4-7(11)10(14)9-8(15-3)6-12-13(9)5-2/h6-7H,4-5,11H2,1-3H3. The van der Waals surface area contributed by atoms with Gasteiger partial charge in [0.2, 0.25) is 5.78 Å². The molecular weight excluding hydrogens is 194 g/mol. The summed E-state index contributed by atoms with van der Waals surface area (Å²) >= 11 is 0. The van der Waals surface area contributed by atoms with Crippen LogP contribution in [0, 0.1) is 0 Å². The number of ketones is 1. The molecule has 0 aromatic carbocycles. The molecule has 5 heteroatoms. The van der Waals surface area contributed by atoms with E-state index in [4.69, 9.17) is 10.5 Å². The minimum Gasteiger partial charge on any atom is -0.493 e. The number of Topliss-reactive ketones (excluding diaryl/α,β-unsaturated/α-hetero) is 1. The maximum Gasteiger partial charge on any atom is 0.201 e. The molecule has 1 rings (SSSR count). The third-order valence-corrected chi connectivity index (χ3v) is 2.34. The van der Waals surface area contributed by atoms with Crippen molar-refractivity contribution in [3.05, 3.63) is 11.9 Å². The van der Waals surface area contributed by atoms with Gasteiger partial charge < -0.3 is 10.5 Å². The maximum absolute atomic E-state index is 11.9. The predicted octanol–water partition coefficient (Wildman–Crippen LogP) is 0.832. The third kappa shape index (κ3) is 2.18. The van der Waals surface area contributed by atoms with E-state index in [0.29, 0.717) is 24.4 Å². The Hall–Kier alpha value is -1.36. The van der Waals surface area contributed by atoms with Crippen LogP contribution in [0.4, 0.5) is 0 Å². The third-order valence-electron chi connectivity index (χ3n) is 2.34. The number of aryl methyl sites for hydroxylation is 1. The number of hydrogen-bond acceptors (Lipinski definition) is 4. The normalized spacial score (nSPS) is 12.5. The molecule has 1 atom stereocenters. The van der Waals surface area contributed by atoms with Crippen LogP contribution >= 0.6 is 0 Å². The number of aromatic nitrogens is 2. The minimum atomic E-state index is -0.485. The van der Waals surface area contributed by atoms with Gasteiger partial charge in [0.1, 0.15) is 5.69 Å². The summed E-state index contributed by atoms with van der Waals surface area (Å²) in [4.78, 5) is 11.9. The lowest BCUT2D eigenvalue weighted by Gasteiger charge is -2.10. The van der Waals surface area contributed by atoms with Crippen LogP contribution in [0.5, 0.6) is 5.75 Å². The molecule has 5 nitrogen and oxygen atoms in total. The number of carbonyl (C=O) groups excluding carboxylic acids is 1. The summed E-state index contributed by atoms with van der Waals surface area (Å²) in [6.07, 6.45) is 2.15. The first-order valence-electron chi connectivity index (χ1n) is 5.05. The summed E-state index contributed by atoms with van der Waals surface area (Å²) in [6, 6.07) is -0.485. The fourth-order valence-electron chi connectivity index (χ4n) is 1.37. The van der Waals surface area contributed by atoms with Crippen molar-refractivity contribution in [2.75, 3.05) is 7.11 Å². The number of carbonyl (C=O) groups is 1. The van der Waals surface area contributed by atoms with Crippen LogP contribution in [0.25, 0.3) is 0 Å². The molecule has 0 saturated heterocycles. The molecule has 84 valence electrons. The minimum absolute atomic E-state index is 0.117. The van der Waals surface area contributed by atoms with E-state index >= 15 is 0 Å². The molecular formula is C10H17N3O2. The molecule has 0 bridgehead atoms. The van der Waals surface area contributed by atoms with Crippen molar-refractivity contribution < 1.29 is 9.53 Å². The first-order valence-corrected chi connectivity index (χ1v) is 5.05. The number of ether oxygens (including phenoxy) is 1. The van der Waals surface area contributed by atoms with Crippen LogP contribution < -0.4 is 10.5 Å². The highest BCUT2D eigenvalue weighted by atomic mass is 16.5. The van der Waals surface area contributed by atoms with Crippen LogP contribution in [-0.4, -0.2) is 28.7 Å². The fourth-order valence-corrected chi connectivity index (χ4v) is 1.37. The van der Waals surface area contributed by atoms with E-state index in [0.717, 1.165) is 0 Å². The highest BCUT2D eigenvalue weighted by Gasteiger charge is 2.22. The first kappa shape index (κ1) is 11.7. The summed E-state index contributed by atoms with van der Waals surface area (Å²) in [5.74, 6) is 0.374. The van der Waals surface area contributed by atoms with Gasteiger partial charge in [-0.3, -0.25) is 9.48 Å². The van der Waals surface area contributed by atoms with Crippen molar-refractivity contribution in [2.24, 2.45) is 5.73 Å². The molecule has 0 amide bonds. The molecule has 1 aromatic rings. The van der Waals surface area contributed by atoms with Gasteiger partial charge in [0.05, 0.1) is 19.3 Å². The molecule has 0 radical (unpaired) electrons. The van der Waals surface area contributed by atoms with Gasteiger partial charge in [0.25, 0.3) is 0 Å². The van der Waals surface area contributed by atoms with Crippen LogP contribution in [0.1, 0.15) is 30.8 Å². The largest absolute Gasteiger partial charge is 0.493 e. The van der Waals surface area contributed by atoms with Crippen molar-refractivity contribution >= 4 is 5.78 Å². The van der Waals surface area contributed by atoms with E-state index in [9.17, 15) is 4.79 Å². The highest BCUT2D eigenvalue weighted by molar-refractivity contribution is 6.00. The van der Waals surface area contributed by atoms with Crippen LogP contribution in [-0.2, 0) is 6.54 Å². The molecule has 2 N–H and O–H groups in total. The van der Waals surface area contributed by atoms with E-state index in [1.165, 1.54) is 7.11 Å². The average molecular weight is 211 g/mol. The summed E-state index contributed by atoms with van der Waals surface area (Å²) < 4.78 is 6.69. The lowest BCUT2D eigenvalue weighted by atomic mass is 10.1. The second-order valence-electron chi connectivity index (χ2n) is 3.26. The Labute approximate surface area is 89.2 Å². The van der Waals surface area contributed by atoms with Crippen molar-refractivity contribution in [1.82, 2.24) is 9.78 Å². The summed E-state index contributed by atoms with van der Waals surface area (Å²) in [5.41, 5.74) is 6.18. The van der Waals surface area contributed by atoms with E-state index in [-0.39, 0.29) is 5.78 Å². The summed E-state index contributed by atoms with van der Waals surface area (Å²) in [6.45, 7) is 4.42. The lowest BCUT2D eigenvalue weighted by molar-refractivity contribution is 0.0945. The second-order valence-corrected chi connectivity index (χ2v) is 3.26. The van der Waals surface area contributed by atoms with E-state index in [1.807, 2.05) is 13.8 Å². The molecule has 0 aliphatic heterocycles. The molecule has 0 spiro atoms. The molecule has 0 saturated carbocycles. The van der Waals surface area contributed by atoms with Gasteiger partial charge in [0.15, 0.2) is 5.75 Å². The number of nitrogens with two attached hydrogens (primary N) is 1. The number of methoxy groups -OCH3 is 1. The molecule has 1 aromatic heterocycles. The van der Waals surface area contributed by atoms with Gasteiger partial charge in [-0.05, 0) is 13.3 Å². The smallest absolute Gasteiger partial charge is 0.201 e. The SMILES string of the molecule is CCC(N)C(=O)c1c(OC)cnn1CC. The Balaban J connectivity index is 3.09. The lowest BCUT2D eigenvalue weighted by Crippen LogP contribution is -2.31. The Morgan fingerprint density at radius 3 is 2.80 bits per heavy atom. The van der Waals surface area contributed by atoms with E-state index in [1.54, 1.807) is 10.9 Å². The predicted molar refractivity (Wildman–Crippen MR) is 57.0 cm³/mol. The van der Waals surface area contributed by atoms with Crippen LogP contribution in [0.15, 0.2) is 6.20 Å². The van der Waals surface area contributed by atoms with Gasteiger partial charge in [-0.1, -0.05) is 6.92 Å². The zero-order valence-corrected chi connectivity index (χ0v) is 9.36. The van der Waals surface area contributed by atoms with Gasteiger partial charge in [-0.15, -0.1) is 0 Å². The average Bonchev–Trinajstić information content (AvgIpc) is 2.69. The second kappa shape index (κ2) is 4.93. The zero-order valence-electron chi connectivity index (χ0n) is 9.36. The maximum atomic E-state index is 11.9. The highest BCUT2D eigenvalue weighted by Crippen LogP contribution is 2.19. The van der Waals surface area contributed by atoms with Crippen molar-refractivity contribution in [1.29, 1.82) is 0 Å². The number of hydrogen-bond donors (Lipinski definition) is 1. The Morgan fingerprint density at radius 2 is 2.33 bits per heavy atom. The number of rotatable bonds is 5. The van der Waals surface area contributed by atoms with E-state index in [2.05, 4.69) is 5.10 Å². The van der Waals surface area contributed by atoms with Gasteiger partial charge in [0, 0.05) is 6.54 Å². The molecule has 0 aliphatic rings. The van der Waals surface area contributed by atoms with E-state index < -0.39 is 6.04 Å². The Bertz CT molecular complexity index is 325. The van der Waals surface area contributed by atoms with Gasteiger partial charge in [-0.2, -0.15) is 5.10 Å². The Morgan fingerprint density at radius 1 is 1.67 bits per heavy atom. The molecule has 1 heterocycles. The monoisotopic (exact) mass is 211 g/mol. The van der Waals surface area contributed by atoms with Gasteiger partial charge >= 0.3 is 0 Å². The number of nitrogens with zero attached hydrogens (tertiary/aromatic N) is 2. The van der Waals surface area contributed by atoms with Crippen molar-refractivity contribution in [3.8, 4) is 5.75 Å².